The van der Waals surface area contributed by atoms with Gasteiger partial charge in [0.1, 0.15) is 5.60 Å². The Morgan fingerprint density at radius 3 is 2.19 bits per heavy atom. The van der Waals surface area contributed by atoms with Crippen LogP contribution in [0.5, 0.6) is 0 Å². The van der Waals surface area contributed by atoms with E-state index in [0.29, 0.717) is 0 Å². The topological polar surface area (TPSA) is 26.3 Å². The standard InChI is InChI=1S/C13H24O2Si/c1-12(14)15-13(8-6-5-7-9-13)10-11-16(2,3)4/h10-11H,5-9H2,1-4H3/b11-10+. The second-order valence-corrected chi connectivity index (χ2v) is 11.0. The zero-order chi connectivity index (χ0) is 12.2. The van der Waals surface area contributed by atoms with Crippen LogP contribution in [-0.2, 0) is 9.53 Å². The van der Waals surface area contributed by atoms with Crippen LogP contribution in [0.4, 0.5) is 0 Å². The molecule has 0 N–H and O–H groups in total. The lowest BCUT2D eigenvalue weighted by atomic mass is 9.85. The molecule has 0 aliphatic heterocycles. The first-order valence-electron chi connectivity index (χ1n) is 6.23. The van der Waals surface area contributed by atoms with Gasteiger partial charge in [0, 0.05) is 6.92 Å². The number of carbonyl (C=O) groups excluding carboxylic acids is 1. The Morgan fingerprint density at radius 2 is 1.75 bits per heavy atom. The van der Waals surface area contributed by atoms with Crippen LogP contribution in [0, 0.1) is 0 Å². The zero-order valence-corrected chi connectivity index (χ0v) is 12.0. The molecule has 1 aliphatic rings. The molecule has 0 amide bonds. The molecule has 0 spiro atoms. The van der Waals surface area contributed by atoms with E-state index in [1.807, 2.05) is 0 Å². The van der Waals surface area contributed by atoms with Gasteiger partial charge in [0.15, 0.2) is 0 Å². The minimum atomic E-state index is -1.21. The highest BCUT2D eigenvalue weighted by Gasteiger charge is 2.32. The quantitative estimate of drug-likeness (QED) is 0.555. The molecular weight excluding hydrogens is 216 g/mol. The van der Waals surface area contributed by atoms with E-state index in [2.05, 4.69) is 31.4 Å². The van der Waals surface area contributed by atoms with Crippen molar-refractivity contribution in [2.75, 3.05) is 0 Å². The van der Waals surface area contributed by atoms with E-state index in [4.69, 9.17) is 4.74 Å². The van der Waals surface area contributed by atoms with Crippen LogP contribution in [0.15, 0.2) is 11.8 Å². The normalized spacial score (nSPS) is 21.0. The summed E-state index contributed by atoms with van der Waals surface area (Å²) in [6, 6.07) is 0. The molecule has 1 fully saturated rings. The number of esters is 1. The van der Waals surface area contributed by atoms with Crippen molar-refractivity contribution in [2.45, 2.75) is 64.3 Å². The number of rotatable bonds is 3. The molecule has 0 saturated heterocycles. The fraction of sp³-hybridized carbons (Fsp3) is 0.769. The lowest BCUT2D eigenvalue weighted by Crippen LogP contribution is -2.35. The molecule has 0 radical (unpaired) electrons. The lowest BCUT2D eigenvalue weighted by molar-refractivity contribution is -0.154. The summed E-state index contributed by atoms with van der Waals surface area (Å²) in [4.78, 5) is 11.2. The second kappa shape index (κ2) is 5.17. The molecule has 1 rings (SSSR count). The highest BCUT2D eigenvalue weighted by Crippen LogP contribution is 2.33. The first-order valence-corrected chi connectivity index (χ1v) is 9.81. The summed E-state index contributed by atoms with van der Waals surface area (Å²) in [5.74, 6) is -0.151. The predicted octanol–water partition coefficient (Wildman–Crippen LogP) is 3.69. The van der Waals surface area contributed by atoms with Gasteiger partial charge in [-0.15, -0.1) is 0 Å². The number of hydrogen-bond donors (Lipinski definition) is 0. The maximum atomic E-state index is 11.2. The highest BCUT2D eigenvalue weighted by molar-refractivity contribution is 6.80. The van der Waals surface area contributed by atoms with Crippen LogP contribution < -0.4 is 0 Å². The van der Waals surface area contributed by atoms with Gasteiger partial charge in [0.2, 0.25) is 0 Å². The van der Waals surface area contributed by atoms with Crippen molar-refractivity contribution in [3.63, 3.8) is 0 Å². The fourth-order valence-corrected chi connectivity index (χ4v) is 2.94. The van der Waals surface area contributed by atoms with Crippen molar-refractivity contribution in [3.05, 3.63) is 11.8 Å². The summed E-state index contributed by atoms with van der Waals surface area (Å²) in [5.41, 5.74) is 2.02. The Bertz CT molecular complexity index is 270. The van der Waals surface area contributed by atoms with E-state index >= 15 is 0 Å². The van der Waals surface area contributed by atoms with E-state index < -0.39 is 8.07 Å². The average molecular weight is 240 g/mol. The molecule has 0 aromatic rings. The van der Waals surface area contributed by atoms with Gasteiger partial charge in [-0.3, -0.25) is 4.79 Å². The average Bonchev–Trinajstić information content (AvgIpc) is 2.14. The third kappa shape index (κ3) is 4.52. The fourth-order valence-electron chi connectivity index (χ4n) is 2.14. The number of ether oxygens (including phenoxy) is 1. The van der Waals surface area contributed by atoms with Gasteiger partial charge in [-0.25, -0.2) is 0 Å². The molecule has 2 nitrogen and oxygen atoms in total. The van der Waals surface area contributed by atoms with Gasteiger partial charge < -0.3 is 4.74 Å². The second-order valence-electron chi connectivity index (χ2n) is 5.92. The molecule has 0 bridgehead atoms. The van der Waals surface area contributed by atoms with E-state index in [1.165, 1.54) is 26.2 Å². The molecule has 0 aromatic heterocycles. The molecule has 0 aromatic carbocycles. The van der Waals surface area contributed by atoms with Gasteiger partial charge in [0.25, 0.3) is 0 Å². The van der Waals surface area contributed by atoms with Crippen molar-refractivity contribution in [1.29, 1.82) is 0 Å². The lowest BCUT2D eigenvalue weighted by Gasteiger charge is -2.34. The summed E-state index contributed by atoms with van der Waals surface area (Å²) >= 11 is 0. The molecule has 16 heavy (non-hydrogen) atoms. The van der Waals surface area contributed by atoms with Crippen molar-refractivity contribution in [1.82, 2.24) is 0 Å². The molecule has 0 heterocycles. The Labute approximate surface area is 100 Å². The molecular formula is C13H24O2Si. The summed E-state index contributed by atoms with van der Waals surface area (Å²) in [6.45, 7) is 8.41. The maximum Gasteiger partial charge on any atom is 0.303 e. The molecule has 0 atom stereocenters. The van der Waals surface area contributed by atoms with Gasteiger partial charge in [0.05, 0.1) is 8.07 Å². The predicted molar refractivity (Wildman–Crippen MR) is 70.1 cm³/mol. The Kier molecular flexibility index (Phi) is 4.36. The number of carbonyl (C=O) groups is 1. The van der Waals surface area contributed by atoms with Gasteiger partial charge >= 0.3 is 5.97 Å². The smallest absolute Gasteiger partial charge is 0.303 e. The maximum absolute atomic E-state index is 11.2. The summed E-state index contributed by atoms with van der Waals surface area (Å²) < 4.78 is 5.57. The Hall–Kier alpha value is -0.573. The number of hydrogen-bond acceptors (Lipinski definition) is 2. The zero-order valence-electron chi connectivity index (χ0n) is 11.0. The summed E-state index contributed by atoms with van der Waals surface area (Å²) in [7, 11) is -1.21. The van der Waals surface area contributed by atoms with E-state index in [1.54, 1.807) is 0 Å². The Balaban J connectivity index is 2.77. The van der Waals surface area contributed by atoms with Gasteiger partial charge in [-0.2, -0.15) is 0 Å². The van der Waals surface area contributed by atoms with Crippen LogP contribution in [0.3, 0.4) is 0 Å². The minimum absolute atomic E-state index is 0.151. The van der Waals surface area contributed by atoms with E-state index in [0.717, 1.165) is 12.8 Å². The first kappa shape index (κ1) is 13.5. The molecule has 3 heteroatoms. The van der Waals surface area contributed by atoms with Crippen LogP contribution >= 0.6 is 0 Å². The van der Waals surface area contributed by atoms with E-state index in [9.17, 15) is 4.79 Å². The van der Waals surface area contributed by atoms with Crippen molar-refractivity contribution < 1.29 is 9.53 Å². The summed E-state index contributed by atoms with van der Waals surface area (Å²) in [5, 5.41) is 0. The van der Waals surface area contributed by atoms with Gasteiger partial charge in [-0.1, -0.05) is 31.8 Å². The first-order chi connectivity index (χ1) is 7.33. The Morgan fingerprint density at radius 1 is 1.19 bits per heavy atom. The third-order valence-corrected chi connectivity index (χ3v) is 4.10. The van der Waals surface area contributed by atoms with Crippen molar-refractivity contribution in [2.24, 2.45) is 0 Å². The van der Waals surface area contributed by atoms with Crippen LogP contribution in [-0.4, -0.2) is 19.6 Å². The van der Waals surface area contributed by atoms with Crippen LogP contribution in [0.1, 0.15) is 39.0 Å². The highest BCUT2D eigenvalue weighted by atomic mass is 28.3. The SMILES string of the molecule is CC(=O)OC1(/C=C/[Si](C)(C)C)CCCCC1. The molecule has 0 unspecified atom stereocenters. The largest absolute Gasteiger partial charge is 0.455 e. The van der Waals surface area contributed by atoms with E-state index in [-0.39, 0.29) is 11.6 Å². The summed E-state index contributed by atoms with van der Waals surface area (Å²) in [6.07, 6.45) is 7.78. The van der Waals surface area contributed by atoms with Crippen molar-refractivity contribution in [3.8, 4) is 0 Å². The molecule has 92 valence electrons. The molecule has 1 saturated carbocycles. The monoisotopic (exact) mass is 240 g/mol. The van der Waals surface area contributed by atoms with Crippen LogP contribution in [0.2, 0.25) is 19.6 Å². The third-order valence-electron chi connectivity index (χ3n) is 2.93. The van der Waals surface area contributed by atoms with Gasteiger partial charge in [-0.05, 0) is 31.8 Å². The van der Waals surface area contributed by atoms with Crippen LogP contribution in [0.25, 0.3) is 0 Å². The van der Waals surface area contributed by atoms with Crippen molar-refractivity contribution >= 4 is 14.0 Å². The minimum Gasteiger partial charge on any atom is -0.455 e. The molecule has 1 aliphatic carbocycles.